The molecule has 7 N–H and O–H groups in total. The predicted octanol–water partition coefficient (Wildman–Crippen LogP) is -1.23. The first-order chi connectivity index (χ1) is 21.6. The van der Waals surface area contributed by atoms with Gasteiger partial charge in [0.15, 0.2) is 35.1 Å². The fourth-order valence-electron chi connectivity index (χ4n) is 5.61. The van der Waals surface area contributed by atoms with Crippen LogP contribution in [0.3, 0.4) is 0 Å². The molecule has 3 aliphatic rings. The molecule has 0 radical (unpaired) electrons. The molecular weight excluding hydrogens is 660 g/mol. The summed E-state index contributed by atoms with van der Waals surface area (Å²) in [7, 11) is -10.2. The Morgan fingerprint density at radius 1 is 0.978 bits per heavy atom. The monoisotopic (exact) mass is 687 g/mol. The molecule has 3 saturated heterocycles. The molecule has 4 aromatic rings. The first kappa shape index (κ1) is 31.4. The zero-order valence-electron chi connectivity index (χ0n) is 23.8. The lowest BCUT2D eigenvalue weighted by atomic mass is 9.95. The van der Waals surface area contributed by atoms with Crippen molar-refractivity contribution >= 4 is 43.8 Å². The number of phosphoric ester groups is 2. The van der Waals surface area contributed by atoms with Crippen LogP contribution in [0, 0.1) is 6.92 Å². The van der Waals surface area contributed by atoms with Crippen molar-refractivity contribution in [2.75, 3.05) is 18.9 Å². The second-order valence-corrected chi connectivity index (χ2v) is 13.8. The summed E-state index contributed by atoms with van der Waals surface area (Å²) in [5.74, 6) is 0.252. The molecule has 3 fully saturated rings. The number of hydrogen-bond donors (Lipinski definition) is 6. The van der Waals surface area contributed by atoms with Gasteiger partial charge < -0.3 is 40.2 Å². The molecule has 0 aromatic carbocycles. The molecule has 4 aromatic heterocycles. The van der Waals surface area contributed by atoms with Gasteiger partial charge in [0.25, 0.3) is 5.56 Å². The van der Waals surface area contributed by atoms with Gasteiger partial charge in [-0.15, -0.1) is 0 Å². The number of fused-ring (bicyclic) bond motifs is 5. The Labute approximate surface area is 256 Å². The van der Waals surface area contributed by atoms with Crippen LogP contribution in [0.1, 0.15) is 25.2 Å². The van der Waals surface area contributed by atoms with Crippen molar-refractivity contribution < 1.29 is 56.7 Å². The van der Waals surface area contributed by atoms with E-state index in [1.54, 1.807) is 0 Å². The van der Waals surface area contributed by atoms with Gasteiger partial charge in [0.05, 0.1) is 25.9 Å². The number of aryl methyl sites for hydroxylation is 1. The standard InChI is InChI=1S/C22H27N9O13P2/c1-8-28-18-12(19(33)29-8)27-7-31(18)21-15-22(2,34)10(42-21)4-40-45(35,36)43-14-9(3-39-46(37,38)44-15)41-20(13(14)32)30-6-26-11-16(23)24-5-25-17(11)30/h5-7,9-10,13-15,20-21,32,34H,3-4H2,1-2H3,(H,35,36)(H,37,38)(H2,23,24,25)(H,28,29,33). The highest BCUT2D eigenvalue weighted by molar-refractivity contribution is 7.47. The molecule has 3 aliphatic heterocycles. The number of aliphatic hydroxyl groups excluding tert-OH is 1. The molecule has 0 amide bonds. The molecule has 248 valence electrons. The highest BCUT2D eigenvalue weighted by Crippen LogP contribution is 2.55. The predicted molar refractivity (Wildman–Crippen MR) is 148 cm³/mol. The van der Waals surface area contributed by atoms with E-state index >= 15 is 0 Å². The van der Waals surface area contributed by atoms with Crippen molar-refractivity contribution in [2.24, 2.45) is 0 Å². The van der Waals surface area contributed by atoms with Crippen LogP contribution < -0.4 is 11.3 Å². The highest BCUT2D eigenvalue weighted by atomic mass is 31.2. The Balaban J connectivity index is 1.23. The van der Waals surface area contributed by atoms with Gasteiger partial charge in [0, 0.05) is 0 Å². The van der Waals surface area contributed by atoms with Gasteiger partial charge in [-0.05, 0) is 13.8 Å². The molecule has 10 atom stereocenters. The maximum absolute atomic E-state index is 13.3. The maximum atomic E-state index is 13.3. The first-order valence-electron chi connectivity index (χ1n) is 13.5. The molecule has 0 spiro atoms. The summed E-state index contributed by atoms with van der Waals surface area (Å²) in [6, 6.07) is 0. The molecule has 7 rings (SSSR count). The van der Waals surface area contributed by atoms with Gasteiger partial charge >= 0.3 is 15.6 Å². The number of aromatic nitrogens is 8. The van der Waals surface area contributed by atoms with E-state index in [1.165, 1.54) is 29.3 Å². The fraction of sp³-hybridized carbons (Fsp3) is 0.545. The van der Waals surface area contributed by atoms with E-state index in [9.17, 15) is 33.9 Å². The van der Waals surface area contributed by atoms with Gasteiger partial charge in [-0.2, -0.15) is 0 Å². The van der Waals surface area contributed by atoms with Crippen LogP contribution in [-0.4, -0.2) is 108 Å². The number of rotatable bonds is 2. The topological polar surface area (TPSA) is 304 Å². The third-order valence-electron chi connectivity index (χ3n) is 7.88. The average Bonchev–Trinajstić information content (AvgIpc) is 3.71. The lowest BCUT2D eigenvalue weighted by molar-refractivity contribution is -0.0811. The minimum atomic E-state index is -5.13. The number of nitrogens with two attached hydrogens (primary N) is 1. The summed E-state index contributed by atoms with van der Waals surface area (Å²) in [5.41, 5.74) is 3.30. The first-order valence-corrected chi connectivity index (χ1v) is 16.5. The molecule has 22 nitrogen and oxygen atoms in total. The molecule has 46 heavy (non-hydrogen) atoms. The molecule has 24 heteroatoms. The van der Waals surface area contributed by atoms with Crippen LogP contribution in [0.15, 0.2) is 23.8 Å². The number of phosphoric acid groups is 2. The lowest BCUT2D eigenvalue weighted by Gasteiger charge is -2.30. The van der Waals surface area contributed by atoms with E-state index in [-0.39, 0.29) is 34.0 Å². The quantitative estimate of drug-likeness (QED) is 0.134. The van der Waals surface area contributed by atoms with Crippen molar-refractivity contribution in [3.8, 4) is 0 Å². The van der Waals surface area contributed by atoms with Crippen molar-refractivity contribution in [1.29, 1.82) is 0 Å². The third kappa shape index (κ3) is 5.25. The van der Waals surface area contributed by atoms with Crippen molar-refractivity contribution in [3.63, 3.8) is 0 Å². The van der Waals surface area contributed by atoms with Crippen molar-refractivity contribution in [3.05, 3.63) is 35.2 Å². The number of anilines is 1. The number of hydrogen-bond acceptors (Lipinski definition) is 17. The minimum Gasteiger partial charge on any atom is -0.386 e. The van der Waals surface area contributed by atoms with E-state index in [0.717, 1.165) is 12.7 Å². The largest absolute Gasteiger partial charge is 0.472 e. The molecule has 2 bridgehead atoms. The normalized spacial score (nSPS) is 38.8. The SMILES string of the molecule is Cc1nc2c(ncn2C2OC3COP(=O)(O)OC4C(COP(=O)(O)OC2C3(C)O)OC(n2cnc3c(N)ncnc32)C4O)c(=O)[nH]1. The number of ether oxygens (including phenoxy) is 2. The van der Waals surface area contributed by atoms with Crippen LogP contribution >= 0.6 is 15.6 Å². The molecule has 10 unspecified atom stereocenters. The van der Waals surface area contributed by atoms with Crippen molar-refractivity contribution in [1.82, 2.24) is 39.0 Å². The molecule has 7 heterocycles. The van der Waals surface area contributed by atoms with Gasteiger partial charge in [-0.25, -0.2) is 34.0 Å². The minimum absolute atomic E-state index is 0.00975. The van der Waals surface area contributed by atoms with E-state index in [0.29, 0.717) is 0 Å². The molecule has 0 saturated carbocycles. The van der Waals surface area contributed by atoms with Crippen LogP contribution in [0.4, 0.5) is 5.82 Å². The highest BCUT2D eigenvalue weighted by Gasteiger charge is 2.59. The summed E-state index contributed by atoms with van der Waals surface area (Å²) in [4.78, 5) is 56.7. The Kier molecular flexibility index (Phi) is 7.44. The second-order valence-electron chi connectivity index (χ2n) is 11.0. The number of aromatic amines is 1. The van der Waals surface area contributed by atoms with Crippen molar-refractivity contribution in [2.45, 2.75) is 62.4 Å². The number of nitrogens with zero attached hydrogens (tertiary/aromatic N) is 7. The second kappa shape index (κ2) is 10.9. The third-order valence-corrected chi connectivity index (χ3v) is 9.83. The number of nitrogens with one attached hydrogen (secondary N) is 1. The van der Waals surface area contributed by atoms with E-state index in [4.69, 9.17) is 33.3 Å². The zero-order valence-corrected chi connectivity index (χ0v) is 25.5. The van der Waals surface area contributed by atoms with E-state index in [2.05, 4.69) is 29.9 Å². The lowest BCUT2D eigenvalue weighted by Crippen LogP contribution is -2.47. The molecule has 0 aliphatic carbocycles. The number of H-pyrrole nitrogens is 1. The average molecular weight is 687 g/mol. The van der Waals surface area contributed by atoms with Crippen LogP contribution in [0.25, 0.3) is 22.3 Å². The Bertz CT molecular complexity index is 1980. The van der Waals surface area contributed by atoms with Gasteiger partial charge in [0.2, 0.25) is 0 Å². The van der Waals surface area contributed by atoms with E-state index < -0.39 is 83.0 Å². The number of aliphatic hydroxyl groups is 2. The van der Waals surface area contributed by atoms with Crippen LogP contribution in [0.2, 0.25) is 0 Å². The Morgan fingerprint density at radius 3 is 2.41 bits per heavy atom. The van der Waals surface area contributed by atoms with Gasteiger partial charge in [0.1, 0.15) is 53.8 Å². The number of imidazole rings is 2. The maximum Gasteiger partial charge on any atom is 0.472 e. The summed E-state index contributed by atoms with van der Waals surface area (Å²) >= 11 is 0. The Morgan fingerprint density at radius 2 is 1.65 bits per heavy atom. The number of nitrogen functional groups attached to an aromatic ring is 1. The zero-order chi connectivity index (χ0) is 32.8. The summed E-state index contributed by atoms with van der Waals surface area (Å²) < 4.78 is 61.9. The van der Waals surface area contributed by atoms with Gasteiger partial charge in [-0.3, -0.25) is 32.0 Å². The Hall–Kier alpha value is -3.24. The summed E-state index contributed by atoms with van der Waals surface area (Å²) in [6.07, 6.45) is -7.36. The van der Waals surface area contributed by atoms with E-state index in [1.807, 2.05) is 0 Å². The van der Waals surface area contributed by atoms with Gasteiger partial charge in [-0.1, -0.05) is 0 Å². The fourth-order valence-corrected chi connectivity index (χ4v) is 7.56. The molecular formula is C22H27N9O13P2. The van der Waals surface area contributed by atoms with Crippen LogP contribution in [-0.2, 0) is 36.7 Å². The summed E-state index contributed by atoms with van der Waals surface area (Å²) in [5, 5.41) is 22.7. The smallest absolute Gasteiger partial charge is 0.386 e. The summed E-state index contributed by atoms with van der Waals surface area (Å²) in [6.45, 7) is 1.05. The van der Waals surface area contributed by atoms with Crippen LogP contribution in [0.5, 0.6) is 0 Å².